The first-order valence-electron chi connectivity index (χ1n) is 11.3. The van der Waals surface area contributed by atoms with Gasteiger partial charge in [-0.15, -0.1) is 0 Å². The lowest BCUT2D eigenvalue weighted by molar-refractivity contribution is -0.142. The van der Waals surface area contributed by atoms with E-state index in [1.165, 1.54) is 0 Å². The average Bonchev–Trinajstić information content (AvgIpc) is 3.12. The molecule has 7 heteroatoms. The monoisotopic (exact) mass is 452 g/mol. The third-order valence-corrected chi connectivity index (χ3v) is 6.13. The molecule has 2 aromatic rings. The van der Waals surface area contributed by atoms with E-state index in [1.807, 2.05) is 31.2 Å². The van der Waals surface area contributed by atoms with Crippen LogP contribution in [0.1, 0.15) is 50.7 Å². The standard InChI is InChI=1S/C26H32N2O5/c1-4-9-17(23(29)30)14-27-24(31)26(2,3)16-28-25(32)33-15-22-20-12-7-5-10-18(20)19-11-6-8-13-21(19)22/h5-8,10-13,17,22H,4,9,14-16H2,1-3H3,(H,27,31)(H,28,32)(H,29,30). The molecule has 0 saturated carbocycles. The highest BCUT2D eigenvalue weighted by molar-refractivity contribution is 5.83. The number of ether oxygens (including phenoxy) is 1. The lowest BCUT2D eigenvalue weighted by atomic mass is 9.92. The van der Waals surface area contributed by atoms with Crippen LogP contribution in [0.2, 0.25) is 0 Å². The summed E-state index contributed by atoms with van der Waals surface area (Å²) < 4.78 is 5.52. The van der Waals surface area contributed by atoms with Crippen LogP contribution in [0.4, 0.5) is 4.79 Å². The number of rotatable bonds is 10. The van der Waals surface area contributed by atoms with Crippen LogP contribution in [0.25, 0.3) is 11.1 Å². The van der Waals surface area contributed by atoms with Crippen LogP contribution in [-0.4, -0.2) is 42.8 Å². The molecule has 1 unspecified atom stereocenters. The summed E-state index contributed by atoms with van der Waals surface area (Å²) in [7, 11) is 0. The normalized spacial score (nSPS) is 13.5. The van der Waals surface area contributed by atoms with E-state index < -0.39 is 23.4 Å². The summed E-state index contributed by atoms with van der Waals surface area (Å²) in [5, 5.41) is 14.6. The summed E-state index contributed by atoms with van der Waals surface area (Å²) in [5.74, 6) is -1.90. The van der Waals surface area contributed by atoms with Crippen molar-refractivity contribution in [2.24, 2.45) is 11.3 Å². The number of fused-ring (bicyclic) bond motifs is 3. The minimum Gasteiger partial charge on any atom is -0.481 e. The van der Waals surface area contributed by atoms with Crippen molar-refractivity contribution < 1.29 is 24.2 Å². The molecule has 2 amide bonds. The van der Waals surface area contributed by atoms with E-state index in [4.69, 9.17) is 4.74 Å². The Morgan fingerprint density at radius 3 is 2.12 bits per heavy atom. The van der Waals surface area contributed by atoms with Crippen LogP contribution in [0.5, 0.6) is 0 Å². The molecule has 0 radical (unpaired) electrons. The highest BCUT2D eigenvalue weighted by Gasteiger charge is 2.31. The first-order valence-corrected chi connectivity index (χ1v) is 11.3. The molecule has 0 aromatic heterocycles. The fourth-order valence-electron chi connectivity index (χ4n) is 4.14. The fraction of sp³-hybridized carbons (Fsp3) is 0.423. The van der Waals surface area contributed by atoms with Gasteiger partial charge in [0.1, 0.15) is 6.61 Å². The largest absolute Gasteiger partial charge is 0.481 e. The minimum atomic E-state index is -0.924. The molecule has 0 heterocycles. The van der Waals surface area contributed by atoms with Gasteiger partial charge in [-0.1, -0.05) is 61.9 Å². The van der Waals surface area contributed by atoms with Crippen LogP contribution < -0.4 is 10.6 Å². The van der Waals surface area contributed by atoms with Crippen LogP contribution in [0.15, 0.2) is 48.5 Å². The molecule has 1 atom stereocenters. The summed E-state index contributed by atoms with van der Waals surface area (Å²) in [6.45, 7) is 5.63. The average molecular weight is 453 g/mol. The number of carbonyl (C=O) groups excluding carboxylic acids is 2. The van der Waals surface area contributed by atoms with Crippen LogP contribution in [0, 0.1) is 11.3 Å². The number of hydrogen-bond acceptors (Lipinski definition) is 4. The van der Waals surface area contributed by atoms with Crippen molar-refractivity contribution in [3.8, 4) is 11.1 Å². The molecule has 2 aromatic carbocycles. The number of hydrogen-bond donors (Lipinski definition) is 3. The van der Waals surface area contributed by atoms with Gasteiger partial charge >= 0.3 is 12.1 Å². The predicted octanol–water partition coefficient (Wildman–Crippen LogP) is 4.17. The van der Waals surface area contributed by atoms with Gasteiger partial charge in [0.05, 0.1) is 11.3 Å². The highest BCUT2D eigenvalue weighted by Crippen LogP contribution is 2.44. The van der Waals surface area contributed by atoms with Crippen molar-refractivity contribution in [2.75, 3.05) is 19.7 Å². The molecular weight excluding hydrogens is 420 g/mol. The Bertz CT molecular complexity index is 972. The number of carbonyl (C=O) groups is 3. The number of alkyl carbamates (subject to hydrolysis) is 1. The van der Waals surface area contributed by atoms with E-state index in [1.54, 1.807) is 13.8 Å². The maximum Gasteiger partial charge on any atom is 0.407 e. The van der Waals surface area contributed by atoms with E-state index >= 15 is 0 Å². The van der Waals surface area contributed by atoms with Gasteiger partial charge in [-0.2, -0.15) is 0 Å². The van der Waals surface area contributed by atoms with Gasteiger partial charge in [0, 0.05) is 19.0 Å². The van der Waals surface area contributed by atoms with Gasteiger partial charge in [-0.25, -0.2) is 4.79 Å². The molecule has 3 N–H and O–H groups in total. The molecule has 7 nitrogen and oxygen atoms in total. The van der Waals surface area contributed by atoms with E-state index in [9.17, 15) is 19.5 Å². The Morgan fingerprint density at radius 2 is 1.58 bits per heavy atom. The summed E-state index contributed by atoms with van der Waals surface area (Å²) in [6, 6.07) is 16.2. The molecule has 176 valence electrons. The molecule has 3 rings (SSSR count). The van der Waals surface area contributed by atoms with Crippen LogP contribution in [0.3, 0.4) is 0 Å². The molecule has 33 heavy (non-hydrogen) atoms. The van der Waals surface area contributed by atoms with E-state index in [2.05, 4.69) is 34.9 Å². The molecule has 0 saturated heterocycles. The van der Waals surface area contributed by atoms with Gasteiger partial charge in [0.15, 0.2) is 0 Å². The smallest absolute Gasteiger partial charge is 0.407 e. The number of benzene rings is 2. The second-order valence-corrected chi connectivity index (χ2v) is 9.10. The molecule has 1 aliphatic rings. The maximum atomic E-state index is 12.6. The topological polar surface area (TPSA) is 105 Å². The lowest BCUT2D eigenvalue weighted by Gasteiger charge is -2.25. The Kier molecular flexibility index (Phi) is 7.74. The molecule has 0 aliphatic heterocycles. The third kappa shape index (κ3) is 5.72. The highest BCUT2D eigenvalue weighted by atomic mass is 16.5. The first-order chi connectivity index (χ1) is 15.7. The maximum absolute atomic E-state index is 12.6. The molecule has 0 bridgehead atoms. The number of nitrogens with one attached hydrogen (secondary N) is 2. The van der Waals surface area contributed by atoms with Crippen molar-refractivity contribution in [3.05, 3.63) is 59.7 Å². The molecule has 0 fully saturated rings. The van der Waals surface area contributed by atoms with E-state index in [0.717, 1.165) is 28.7 Å². The molecule has 0 spiro atoms. The Morgan fingerprint density at radius 1 is 1.00 bits per heavy atom. The number of carboxylic acids is 1. The van der Waals surface area contributed by atoms with Crippen molar-refractivity contribution in [2.45, 2.75) is 39.5 Å². The van der Waals surface area contributed by atoms with Crippen molar-refractivity contribution in [1.82, 2.24) is 10.6 Å². The third-order valence-electron chi connectivity index (χ3n) is 6.13. The van der Waals surface area contributed by atoms with Crippen LogP contribution >= 0.6 is 0 Å². The second kappa shape index (κ2) is 10.5. The number of amides is 2. The molecule has 1 aliphatic carbocycles. The Labute approximate surface area is 194 Å². The zero-order valence-electron chi connectivity index (χ0n) is 19.4. The van der Waals surface area contributed by atoms with Gasteiger partial charge in [-0.05, 0) is 42.5 Å². The van der Waals surface area contributed by atoms with Crippen molar-refractivity contribution in [1.29, 1.82) is 0 Å². The van der Waals surface area contributed by atoms with Crippen molar-refractivity contribution >= 4 is 18.0 Å². The predicted molar refractivity (Wildman–Crippen MR) is 126 cm³/mol. The summed E-state index contributed by atoms with van der Waals surface area (Å²) in [6.07, 6.45) is 0.625. The fourth-order valence-corrected chi connectivity index (χ4v) is 4.14. The van der Waals surface area contributed by atoms with E-state index in [0.29, 0.717) is 6.42 Å². The molecular formula is C26H32N2O5. The Hall–Kier alpha value is -3.35. The summed E-state index contributed by atoms with van der Waals surface area (Å²) >= 11 is 0. The summed E-state index contributed by atoms with van der Waals surface area (Å²) in [5.41, 5.74) is 3.66. The number of aliphatic carboxylic acids is 1. The summed E-state index contributed by atoms with van der Waals surface area (Å²) in [4.78, 5) is 36.2. The van der Waals surface area contributed by atoms with Crippen molar-refractivity contribution in [3.63, 3.8) is 0 Å². The van der Waals surface area contributed by atoms with Crippen LogP contribution in [-0.2, 0) is 14.3 Å². The quantitative estimate of drug-likeness (QED) is 0.502. The zero-order valence-corrected chi connectivity index (χ0v) is 19.4. The zero-order chi connectivity index (χ0) is 24.0. The lowest BCUT2D eigenvalue weighted by Crippen LogP contribution is -2.46. The number of carboxylic acid groups (broad SMARTS) is 1. The van der Waals surface area contributed by atoms with Gasteiger partial charge < -0.3 is 20.5 Å². The second-order valence-electron chi connectivity index (χ2n) is 9.10. The first kappa shape index (κ1) is 24.3. The van der Waals surface area contributed by atoms with Gasteiger partial charge in [0.25, 0.3) is 0 Å². The van der Waals surface area contributed by atoms with Gasteiger partial charge in [-0.3, -0.25) is 9.59 Å². The van der Waals surface area contributed by atoms with E-state index in [-0.39, 0.29) is 31.5 Å². The SMILES string of the molecule is CCCC(CNC(=O)C(C)(C)CNC(=O)OCC1c2ccccc2-c2ccccc21)C(=O)O. The van der Waals surface area contributed by atoms with Gasteiger partial charge in [0.2, 0.25) is 5.91 Å². The Balaban J connectivity index is 1.52. The minimum absolute atomic E-state index is 0.0361.